The largest absolute Gasteiger partial charge is 0.367 e. The molecule has 4 nitrogen and oxygen atoms in total. The molecule has 0 atom stereocenters. The first-order valence-corrected chi connectivity index (χ1v) is 8.45. The predicted molar refractivity (Wildman–Crippen MR) is 94.4 cm³/mol. The van der Waals surface area contributed by atoms with Gasteiger partial charge in [-0.2, -0.15) is 0 Å². The summed E-state index contributed by atoms with van der Waals surface area (Å²) in [6, 6.07) is 13.2. The number of nitrogens with one attached hydrogen (secondary N) is 1. The number of anilines is 1. The molecular formula is C19H22N4. The maximum atomic E-state index is 4.51. The number of rotatable bonds is 3. The zero-order valence-corrected chi connectivity index (χ0v) is 13.5. The van der Waals surface area contributed by atoms with Crippen LogP contribution in [0.4, 0.5) is 5.82 Å². The summed E-state index contributed by atoms with van der Waals surface area (Å²) in [6.45, 7) is 0. The quantitative estimate of drug-likeness (QED) is 0.781. The van der Waals surface area contributed by atoms with Crippen molar-refractivity contribution < 1.29 is 0 Å². The van der Waals surface area contributed by atoms with Crippen LogP contribution in [0.1, 0.15) is 32.1 Å². The molecule has 1 fully saturated rings. The summed E-state index contributed by atoms with van der Waals surface area (Å²) in [5, 5.41) is 4.76. The number of hydrogen-bond donors (Lipinski definition) is 1. The highest BCUT2D eigenvalue weighted by Gasteiger charge is 2.17. The second kappa shape index (κ2) is 6.03. The Morgan fingerprint density at radius 3 is 2.61 bits per heavy atom. The SMILES string of the molecule is Cn1c(-c2ccccc2)cc2c(NC3CCCCC3)ncnc21. The Hall–Kier alpha value is -2.36. The summed E-state index contributed by atoms with van der Waals surface area (Å²) in [4.78, 5) is 9.01. The Labute approximate surface area is 136 Å². The highest BCUT2D eigenvalue weighted by atomic mass is 15.1. The Morgan fingerprint density at radius 2 is 1.83 bits per heavy atom. The van der Waals surface area contributed by atoms with Gasteiger partial charge in [0.15, 0.2) is 0 Å². The molecule has 118 valence electrons. The van der Waals surface area contributed by atoms with Crippen LogP contribution in [-0.4, -0.2) is 20.6 Å². The topological polar surface area (TPSA) is 42.7 Å². The van der Waals surface area contributed by atoms with Gasteiger partial charge in [0.2, 0.25) is 0 Å². The van der Waals surface area contributed by atoms with Gasteiger partial charge in [-0.15, -0.1) is 0 Å². The van der Waals surface area contributed by atoms with Crippen molar-refractivity contribution in [2.24, 2.45) is 7.05 Å². The van der Waals surface area contributed by atoms with Gasteiger partial charge in [-0.1, -0.05) is 49.6 Å². The van der Waals surface area contributed by atoms with E-state index < -0.39 is 0 Å². The van der Waals surface area contributed by atoms with E-state index >= 15 is 0 Å². The van der Waals surface area contributed by atoms with Crippen molar-refractivity contribution in [1.82, 2.24) is 14.5 Å². The molecule has 1 aliphatic carbocycles. The Kier molecular flexibility index (Phi) is 3.74. The fraction of sp³-hybridized carbons (Fsp3) is 0.368. The van der Waals surface area contributed by atoms with Crippen molar-refractivity contribution in [3.63, 3.8) is 0 Å². The highest BCUT2D eigenvalue weighted by Crippen LogP contribution is 2.30. The molecule has 0 saturated heterocycles. The summed E-state index contributed by atoms with van der Waals surface area (Å²) < 4.78 is 2.15. The summed E-state index contributed by atoms with van der Waals surface area (Å²) >= 11 is 0. The van der Waals surface area contributed by atoms with Crippen molar-refractivity contribution in [2.75, 3.05) is 5.32 Å². The number of hydrogen-bond acceptors (Lipinski definition) is 3. The molecule has 0 bridgehead atoms. The molecular weight excluding hydrogens is 284 g/mol. The first-order valence-electron chi connectivity index (χ1n) is 8.45. The van der Waals surface area contributed by atoms with E-state index in [4.69, 9.17) is 0 Å². The summed E-state index contributed by atoms with van der Waals surface area (Å²) in [5.74, 6) is 0.972. The maximum absolute atomic E-state index is 4.51. The highest BCUT2D eigenvalue weighted by molar-refractivity contribution is 5.92. The monoisotopic (exact) mass is 306 g/mol. The van der Waals surface area contributed by atoms with Gasteiger partial charge in [-0.3, -0.25) is 0 Å². The average molecular weight is 306 g/mol. The molecule has 0 amide bonds. The van der Waals surface area contributed by atoms with Gasteiger partial charge in [-0.25, -0.2) is 9.97 Å². The molecule has 1 aliphatic rings. The molecule has 4 heteroatoms. The lowest BCUT2D eigenvalue weighted by molar-refractivity contribution is 0.462. The van der Waals surface area contributed by atoms with E-state index in [1.165, 1.54) is 43.4 Å². The van der Waals surface area contributed by atoms with Gasteiger partial charge < -0.3 is 9.88 Å². The van der Waals surface area contributed by atoms with Crippen molar-refractivity contribution in [3.05, 3.63) is 42.7 Å². The molecule has 0 aliphatic heterocycles. The fourth-order valence-corrected chi connectivity index (χ4v) is 3.58. The Balaban J connectivity index is 1.75. The second-order valence-electron chi connectivity index (χ2n) is 6.39. The van der Waals surface area contributed by atoms with E-state index in [0.29, 0.717) is 6.04 Å². The third kappa shape index (κ3) is 2.69. The van der Waals surface area contributed by atoms with E-state index in [-0.39, 0.29) is 0 Å². The lowest BCUT2D eigenvalue weighted by Gasteiger charge is -2.23. The van der Waals surface area contributed by atoms with Crippen LogP contribution in [0.2, 0.25) is 0 Å². The molecule has 3 aromatic rings. The van der Waals surface area contributed by atoms with E-state index in [0.717, 1.165) is 16.9 Å². The van der Waals surface area contributed by atoms with Crippen LogP contribution in [-0.2, 0) is 7.05 Å². The molecule has 4 rings (SSSR count). The molecule has 1 saturated carbocycles. The van der Waals surface area contributed by atoms with Crippen LogP contribution in [0.15, 0.2) is 42.7 Å². The first kappa shape index (κ1) is 14.2. The Bertz CT molecular complexity index is 801. The lowest BCUT2D eigenvalue weighted by atomic mass is 9.95. The van der Waals surface area contributed by atoms with Crippen molar-refractivity contribution in [1.29, 1.82) is 0 Å². The van der Waals surface area contributed by atoms with Crippen LogP contribution < -0.4 is 5.32 Å². The molecule has 2 heterocycles. The summed E-state index contributed by atoms with van der Waals surface area (Å²) in [7, 11) is 2.07. The lowest BCUT2D eigenvalue weighted by Crippen LogP contribution is -2.22. The Morgan fingerprint density at radius 1 is 1.04 bits per heavy atom. The van der Waals surface area contributed by atoms with Crippen molar-refractivity contribution in [3.8, 4) is 11.3 Å². The van der Waals surface area contributed by atoms with Gasteiger partial charge in [0.1, 0.15) is 17.8 Å². The van der Waals surface area contributed by atoms with Gasteiger partial charge >= 0.3 is 0 Å². The average Bonchev–Trinajstić information content (AvgIpc) is 2.95. The molecule has 1 N–H and O–H groups in total. The predicted octanol–water partition coefficient (Wildman–Crippen LogP) is 4.38. The number of aromatic nitrogens is 3. The molecule has 0 radical (unpaired) electrons. The molecule has 2 aromatic heterocycles. The van der Waals surface area contributed by atoms with Gasteiger partial charge in [0.25, 0.3) is 0 Å². The van der Waals surface area contributed by atoms with Crippen LogP contribution in [0.5, 0.6) is 0 Å². The van der Waals surface area contributed by atoms with E-state index in [1.54, 1.807) is 6.33 Å². The zero-order valence-electron chi connectivity index (χ0n) is 13.5. The smallest absolute Gasteiger partial charge is 0.145 e. The van der Waals surface area contributed by atoms with Crippen LogP contribution in [0.25, 0.3) is 22.3 Å². The zero-order chi connectivity index (χ0) is 15.6. The van der Waals surface area contributed by atoms with E-state index in [9.17, 15) is 0 Å². The minimum absolute atomic E-state index is 0.544. The third-order valence-electron chi connectivity index (χ3n) is 4.84. The summed E-state index contributed by atoms with van der Waals surface area (Å²) in [6.07, 6.45) is 8.14. The van der Waals surface area contributed by atoms with Crippen molar-refractivity contribution >= 4 is 16.9 Å². The minimum Gasteiger partial charge on any atom is -0.367 e. The van der Waals surface area contributed by atoms with Crippen molar-refractivity contribution in [2.45, 2.75) is 38.1 Å². The van der Waals surface area contributed by atoms with E-state index in [2.05, 4.69) is 57.2 Å². The van der Waals surface area contributed by atoms with Crippen LogP contribution >= 0.6 is 0 Å². The number of aryl methyl sites for hydroxylation is 1. The normalized spacial score (nSPS) is 15.9. The number of nitrogens with zero attached hydrogens (tertiary/aromatic N) is 3. The minimum atomic E-state index is 0.544. The van der Waals surface area contributed by atoms with E-state index in [1.807, 2.05) is 6.07 Å². The molecule has 0 unspecified atom stereocenters. The second-order valence-corrected chi connectivity index (χ2v) is 6.39. The standard InChI is InChI=1S/C19H22N4/c1-23-17(14-8-4-2-5-9-14)12-16-18(20-13-21-19(16)23)22-15-10-6-3-7-11-15/h2,4-5,8-9,12-13,15H,3,6-7,10-11H2,1H3,(H,20,21,22). The maximum Gasteiger partial charge on any atom is 0.145 e. The van der Waals surface area contributed by atoms with Crippen LogP contribution in [0.3, 0.4) is 0 Å². The number of fused-ring (bicyclic) bond motifs is 1. The fourth-order valence-electron chi connectivity index (χ4n) is 3.58. The molecule has 23 heavy (non-hydrogen) atoms. The van der Waals surface area contributed by atoms with Gasteiger partial charge in [-0.05, 0) is 24.5 Å². The molecule has 1 aromatic carbocycles. The third-order valence-corrected chi connectivity index (χ3v) is 4.84. The molecule has 0 spiro atoms. The summed E-state index contributed by atoms with van der Waals surface area (Å²) in [5.41, 5.74) is 3.36. The van der Waals surface area contributed by atoms with Gasteiger partial charge in [0.05, 0.1) is 11.1 Å². The van der Waals surface area contributed by atoms with Crippen LogP contribution in [0, 0.1) is 0 Å². The van der Waals surface area contributed by atoms with Gasteiger partial charge in [0, 0.05) is 13.1 Å². The first-order chi connectivity index (χ1) is 11.3. The number of benzene rings is 1.